The standard InChI is InChI=1S/C10H8N2.C2H7NS/c1-3-7-11-9(5-1)10-6-2-4-8-12-10;3-1-2-4/h1-8H;4H,1-3H2. The summed E-state index contributed by atoms with van der Waals surface area (Å²) in [4.78, 5) is 8.37. The van der Waals surface area contributed by atoms with Crippen LogP contribution in [0.2, 0.25) is 0 Å². The lowest BCUT2D eigenvalue weighted by Gasteiger charge is -1.96. The Kier molecular flexibility index (Phi) is 6.22. The Bertz CT molecular complexity index is 338. The second kappa shape index (κ2) is 7.84. The highest BCUT2D eigenvalue weighted by Crippen LogP contribution is 2.10. The van der Waals surface area contributed by atoms with Crippen molar-refractivity contribution in [1.29, 1.82) is 0 Å². The summed E-state index contributed by atoms with van der Waals surface area (Å²) in [5, 5.41) is 0. The molecule has 0 aliphatic rings. The molecule has 3 nitrogen and oxygen atoms in total. The molecule has 2 rings (SSSR count). The Morgan fingerprint density at radius 3 is 1.62 bits per heavy atom. The van der Waals surface area contributed by atoms with Gasteiger partial charge in [0.2, 0.25) is 0 Å². The minimum Gasteiger partial charge on any atom is -0.330 e. The molecule has 4 heteroatoms. The van der Waals surface area contributed by atoms with Crippen LogP contribution < -0.4 is 5.73 Å². The van der Waals surface area contributed by atoms with Crippen molar-refractivity contribution in [2.45, 2.75) is 0 Å². The quantitative estimate of drug-likeness (QED) is 0.780. The lowest BCUT2D eigenvalue weighted by atomic mass is 10.2. The molecule has 2 aromatic rings. The summed E-state index contributed by atoms with van der Waals surface area (Å²) in [6.45, 7) is 0.684. The van der Waals surface area contributed by atoms with E-state index in [0.29, 0.717) is 6.54 Å². The van der Waals surface area contributed by atoms with Crippen LogP contribution in [0, 0.1) is 0 Å². The van der Waals surface area contributed by atoms with Crippen LogP contribution in [0.3, 0.4) is 0 Å². The molecule has 16 heavy (non-hydrogen) atoms. The van der Waals surface area contributed by atoms with E-state index in [1.807, 2.05) is 36.4 Å². The van der Waals surface area contributed by atoms with Gasteiger partial charge in [-0.15, -0.1) is 0 Å². The lowest BCUT2D eigenvalue weighted by molar-refractivity contribution is 1.16. The molecule has 0 bridgehead atoms. The fourth-order valence-electron chi connectivity index (χ4n) is 1.03. The molecule has 0 aliphatic carbocycles. The summed E-state index contributed by atoms with van der Waals surface area (Å²) in [7, 11) is 0. The zero-order valence-corrected chi connectivity index (χ0v) is 9.85. The van der Waals surface area contributed by atoms with Gasteiger partial charge in [0, 0.05) is 24.7 Å². The molecule has 0 atom stereocenters. The zero-order valence-electron chi connectivity index (χ0n) is 8.95. The highest BCUT2D eigenvalue weighted by molar-refractivity contribution is 7.80. The maximum absolute atomic E-state index is 4.95. The number of nitrogens with zero attached hydrogens (tertiary/aromatic N) is 2. The van der Waals surface area contributed by atoms with Gasteiger partial charge in [0.15, 0.2) is 0 Å². The molecule has 2 heterocycles. The molecule has 0 saturated heterocycles. The molecule has 2 aromatic heterocycles. The molecule has 0 amide bonds. The van der Waals surface area contributed by atoms with Crippen LogP contribution >= 0.6 is 12.6 Å². The van der Waals surface area contributed by atoms with E-state index in [1.54, 1.807) is 12.4 Å². The molecule has 0 fully saturated rings. The topological polar surface area (TPSA) is 51.8 Å². The normalized spacial score (nSPS) is 9.12. The van der Waals surface area contributed by atoms with Gasteiger partial charge < -0.3 is 5.73 Å². The molecular formula is C12H15N3S. The first-order valence-corrected chi connectivity index (χ1v) is 5.65. The Morgan fingerprint density at radius 1 is 0.938 bits per heavy atom. The van der Waals surface area contributed by atoms with Gasteiger partial charge in [-0.3, -0.25) is 9.97 Å². The van der Waals surface area contributed by atoms with Crippen LogP contribution in [0.25, 0.3) is 11.4 Å². The number of pyridine rings is 2. The van der Waals surface area contributed by atoms with Gasteiger partial charge in [-0.1, -0.05) is 12.1 Å². The maximum Gasteiger partial charge on any atom is 0.0886 e. The van der Waals surface area contributed by atoms with E-state index in [4.69, 9.17) is 5.73 Å². The van der Waals surface area contributed by atoms with Gasteiger partial charge in [-0.25, -0.2) is 0 Å². The van der Waals surface area contributed by atoms with Gasteiger partial charge in [-0.2, -0.15) is 12.6 Å². The van der Waals surface area contributed by atoms with Crippen LogP contribution in [0.15, 0.2) is 48.8 Å². The van der Waals surface area contributed by atoms with Crippen LogP contribution in [-0.2, 0) is 0 Å². The number of hydrogen-bond acceptors (Lipinski definition) is 4. The third-order valence-electron chi connectivity index (χ3n) is 1.72. The molecule has 0 unspecified atom stereocenters. The number of nitrogens with two attached hydrogens (primary N) is 1. The number of rotatable bonds is 2. The summed E-state index contributed by atoms with van der Waals surface area (Å²) < 4.78 is 0. The predicted octanol–water partition coefficient (Wildman–Crippen LogP) is 2.02. The van der Waals surface area contributed by atoms with Gasteiger partial charge >= 0.3 is 0 Å². The molecule has 0 spiro atoms. The van der Waals surface area contributed by atoms with E-state index in [9.17, 15) is 0 Å². The third-order valence-corrected chi connectivity index (χ3v) is 1.98. The molecular weight excluding hydrogens is 218 g/mol. The third kappa shape index (κ3) is 4.42. The van der Waals surface area contributed by atoms with E-state index in [1.165, 1.54) is 0 Å². The van der Waals surface area contributed by atoms with E-state index in [-0.39, 0.29) is 0 Å². The lowest BCUT2D eigenvalue weighted by Crippen LogP contribution is -1.97. The zero-order chi connectivity index (χ0) is 11.6. The molecule has 84 valence electrons. The summed E-state index contributed by atoms with van der Waals surface area (Å²) in [6, 6.07) is 11.6. The largest absolute Gasteiger partial charge is 0.330 e. The van der Waals surface area contributed by atoms with Crippen molar-refractivity contribution in [3.05, 3.63) is 48.8 Å². The summed E-state index contributed by atoms with van der Waals surface area (Å²) >= 11 is 3.80. The summed E-state index contributed by atoms with van der Waals surface area (Å²) in [5.74, 6) is 0.792. The van der Waals surface area contributed by atoms with Crippen molar-refractivity contribution in [3.8, 4) is 11.4 Å². The van der Waals surface area contributed by atoms with E-state index >= 15 is 0 Å². The van der Waals surface area contributed by atoms with Gasteiger partial charge in [-0.05, 0) is 24.3 Å². The maximum atomic E-state index is 4.95. The fourth-order valence-corrected chi connectivity index (χ4v) is 1.03. The first kappa shape index (κ1) is 12.7. The van der Waals surface area contributed by atoms with Gasteiger partial charge in [0.05, 0.1) is 11.4 Å². The Labute approximate surface area is 101 Å². The Hall–Kier alpha value is -1.39. The van der Waals surface area contributed by atoms with Crippen molar-refractivity contribution < 1.29 is 0 Å². The van der Waals surface area contributed by atoms with E-state index < -0.39 is 0 Å². The van der Waals surface area contributed by atoms with E-state index in [0.717, 1.165) is 17.1 Å². The smallest absolute Gasteiger partial charge is 0.0886 e. The van der Waals surface area contributed by atoms with Crippen molar-refractivity contribution in [2.75, 3.05) is 12.3 Å². The first-order valence-electron chi connectivity index (χ1n) is 5.02. The van der Waals surface area contributed by atoms with Crippen molar-refractivity contribution in [1.82, 2.24) is 9.97 Å². The summed E-state index contributed by atoms with van der Waals surface area (Å²) in [6.07, 6.45) is 3.54. The number of aromatic nitrogens is 2. The van der Waals surface area contributed by atoms with Gasteiger partial charge in [0.25, 0.3) is 0 Å². The Morgan fingerprint density at radius 2 is 1.38 bits per heavy atom. The van der Waals surface area contributed by atoms with Crippen LogP contribution in [0.1, 0.15) is 0 Å². The van der Waals surface area contributed by atoms with Crippen molar-refractivity contribution >= 4 is 12.6 Å². The van der Waals surface area contributed by atoms with Crippen molar-refractivity contribution in [3.63, 3.8) is 0 Å². The monoisotopic (exact) mass is 233 g/mol. The Balaban J connectivity index is 0.000000280. The fraction of sp³-hybridized carbons (Fsp3) is 0.167. The molecule has 2 N–H and O–H groups in total. The van der Waals surface area contributed by atoms with Crippen LogP contribution in [-0.4, -0.2) is 22.3 Å². The highest BCUT2D eigenvalue weighted by Gasteiger charge is 1.95. The average molecular weight is 233 g/mol. The molecule has 0 saturated carbocycles. The van der Waals surface area contributed by atoms with Gasteiger partial charge in [0.1, 0.15) is 0 Å². The number of thiol groups is 1. The molecule has 0 radical (unpaired) electrons. The average Bonchev–Trinajstić information content (AvgIpc) is 2.41. The molecule has 0 aromatic carbocycles. The minimum absolute atomic E-state index is 0.684. The first-order chi connectivity index (χ1) is 7.88. The van der Waals surface area contributed by atoms with Crippen molar-refractivity contribution in [2.24, 2.45) is 5.73 Å². The van der Waals surface area contributed by atoms with E-state index in [2.05, 4.69) is 22.6 Å². The second-order valence-electron chi connectivity index (χ2n) is 2.94. The molecule has 0 aliphatic heterocycles. The second-order valence-corrected chi connectivity index (χ2v) is 3.39. The van der Waals surface area contributed by atoms with Crippen LogP contribution in [0.4, 0.5) is 0 Å². The SMILES string of the molecule is NCCS.c1ccc(-c2ccccn2)nc1. The minimum atomic E-state index is 0.684. The van der Waals surface area contributed by atoms with Crippen LogP contribution in [0.5, 0.6) is 0 Å². The number of hydrogen-bond donors (Lipinski definition) is 2. The predicted molar refractivity (Wildman–Crippen MR) is 70.4 cm³/mol. The highest BCUT2D eigenvalue weighted by atomic mass is 32.1. The summed E-state index contributed by atoms with van der Waals surface area (Å²) in [5.41, 5.74) is 6.78.